The molecule has 6 rings (SSSR count). The van der Waals surface area contributed by atoms with Gasteiger partial charge in [0.25, 0.3) is 0 Å². The highest BCUT2D eigenvalue weighted by atomic mass is 32.1. The highest BCUT2D eigenvalue weighted by Crippen LogP contribution is 2.61. The summed E-state index contributed by atoms with van der Waals surface area (Å²) in [6, 6.07) is 18.4. The van der Waals surface area contributed by atoms with Gasteiger partial charge in [-0.3, -0.25) is 19.2 Å². The molecule has 0 unspecified atom stereocenters. The van der Waals surface area contributed by atoms with E-state index < -0.39 is 17.5 Å². The van der Waals surface area contributed by atoms with Crippen molar-refractivity contribution in [3.8, 4) is 22.3 Å². The smallest absolute Gasteiger partial charge is 0.246 e. The first-order valence-corrected chi connectivity index (χ1v) is 25.2. The Bertz CT molecular complexity index is 2430. The van der Waals surface area contributed by atoms with Crippen LogP contribution in [0.2, 0.25) is 0 Å². The minimum atomic E-state index is -0.809. The number of benzene rings is 2. The Hall–Kier alpha value is -5.32. The van der Waals surface area contributed by atoms with Crippen LogP contribution < -0.4 is 10.1 Å². The fourth-order valence-corrected chi connectivity index (χ4v) is 11.5. The average molecular weight is 945 g/mol. The van der Waals surface area contributed by atoms with E-state index in [0.29, 0.717) is 43.7 Å². The number of likely N-dealkylation sites (tertiary alicyclic amines) is 1. The predicted molar refractivity (Wildman–Crippen MR) is 266 cm³/mol. The zero-order chi connectivity index (χ0) is 49.6. The lowest BCUT2D eigenvalue weighted by Gasteiger charge is -2.63. The van der Waals surface area contributed by atoms with E-state index in [1.54, 1.807) is 28.4 Å². The van der Waals surface area contributed by atoms with Crippen molar-refractivity contribution in [2.45, 2.75) is 152 Å². The second-order valence-corrected chi connectivity index (χ2v) is 22.6. The molecular weight excluding hydrogens is 873 g/mol. The third-order valence-corrected chi connectivity index (χ3v) is 15.4. The Morgan fingerprint density at radius 1 is 0.956 bits per heavy atom. The van der Waals surface area contributed by atoms with E-state index in [1.807, 2.05) is 58.3 Å². The van der Waals surface area contributed by atoms with Crippen molar-refractivity contribution in [2.75, 3.05) is 19.8 Å². The number of Topliss-reactive ketones (excluding diaryl/α,β-unsaturated/α-hetero) is 2. The van der Waals surface area contributed by atoms with Gasteiger partial charge in [0.1, 0.15) is 30.2 Å². The largest absolute Gasteiger partial charge is 0.489 e. The standard InChI is InChI=1S/C55H72N6O6S/c1-34-26-44(46(63)28-36(3)38-17-19-39(20-18-38)49-37(4)57-33-68-49)61(31-34)51(65)50(53(5,6)7)58-48(64)32-66-25-15-13-12-14-16-41-22-24-43(60-59-41)45(62)29-47-54(8,9)52(55(47,10)11)67-42-23-21-40(30-56)35(2)27-42/h17-24,27,33-34,36,44,47,50,52H,12-16,25-26,28-29,31-32H2,1-11H3,(H,58,64)/t34-,36-,44+,47?,50-,52?/m1/s1. The molecule has 2 aromatic heterocycles. The van der Waals surface area contributed by atoms with Crippen molar-refractivity contribution in [3.63, 3.8) is 0 Å². The van der Waals surface area contributed by atoms with E-state index in [-0.39, 0.29) is 64.7 Å². The molecule has 12 nitrogen and oxygen atoms in total. The van der Waals surface area contributed by atoms with Crippen molar-refractivity contribution in [1.29, 1.82) is 5.26 Å². The number of nitrogens with one attached hydrogen (secondary N) is 1. The first-order valence-electron chi connectivity index (χ1n) is 24.4. The van der Waals surface area contributed by atoms with E-state index in [4.69, 9.17) is 9.47 Å². The number of hydrogen-bond donors (Lipinski definition) is 1. The van der Waals surface area contributed by atoms with Crippen LogP contribution in [0, 0.1) is 53.3 Å². The Balaban J connectivity index is 0.887. The first kappa shape index (κ1) is 52.1. The molecule has 364 valence electrons. The number of thiazole rings is 1. The molecule has 0 bridgehead atoms. The number of ketones is 2. The second-order valence-electron chi connectivity index (χ2n) is 21.7. The van der Waals surface area contributed by atoms with E-state index in [2.05, 4.69) is 92.4 Å². The van der Waals surface area contributed by atoms with Crippen LogP contribution in [-0.2, 0) is 25.5 Å². The number of aromatic nitrogens is 3. The average Bonchev–Trinajstić information content (AvgIpc) is 3.91. The van der Waals surface area contributed by atoms with Crippen LogP contribution in [0.5, 0.6) is 5.75 Å². The maximum absolute atomic E-state index is 14.2. The van der Waals surface area contributed by atoms with Gasteiger partial charge in [-0.1, -0.05) is 99.4 Å². The van der Waals surface area contributed by atoms with Crippen molar-refractivity contribution in [2.24, 2.45) is 28.1 Å². The predicted octanol–water partition coefficient (Wildman–Crippen LogP) is 10.4. The summed E-state index contributed by atoms with van der Waals surface area (Å²) in [5, 5.41) is 21.0. The van der Waals surface area contributed by atoms with E-state index >= 15 is 0 Å². The van der Waals surface area contributed by atoms with Gasteiger partial charge in [0.2, 0.25) is 11.8 Å². The zero-order valence-corrected chi connectivity index (χ0v) is 42.9. The zero-order valence-electron chi connectivity index (χ0n) is 42.1. The molecule has 2 aromatic carbocycles. The number of hydrogen-bond acceptors (Lipinski definition) is 11. The number of carbonyl (C=O) groups excluding carboxylic acids is 4. The molecule has 4 aromatic rings. The molecule has 1 N–H and O–H groups in total. The molecule has 3 heterocycles. The lowest BCUT2D eigenvalue weighted by Crippen LogP contribution is -2.66. The maximum atomic E-state index is 14.2. The van der Waals surface area contributed by atoms with E-state index in [9.17, 15) is 24.4 Å². The number of nitriles is 1. The van der Waals surface area contributed by atoms with Crippen LogP contribution in [0.15, 0.2) is 60.1 Å². The molecule has 1 saturated heterocycles. The molecule has 1 saturated carbocycles. The quantitative estimate of drug-likeness (QED) is 0.0628. The molecule has 2 fully saturated rings. The Morgan fingerprint density at radius 3 is 2.28 bits per heavy atom. The Morgan fingerprint density at radius 2 is 1.66 bits per heavy atom. The normalized spacial score (nSPS) is 20.5. The summed E-state index contributed by atoms with van der Waals surface area (Å²) in [5.74, 6) is 0.408. The van der Waals surface area contributed by atoms with Gasteiger partial charge in [-0.2, -0.15) is 10.4 Å². The molecule has 1 aliphatic heterocycles. The molecule has 1 aliphatic carbocycles. The van der Waals surface area contributed by atoms with Gasteiger partial charge in [-0.15, -0.1) is 16.4 Å². The number of unbranched alkanes of at least 4 members (excludes halogenated alkanes) is 3. The van der Waals surface area contributed by atoms with Gasteiger partial charge >= 0.3 is 0 Å². The summed E-state index contributed by atoms with van der Waals surface area (Å²) in [6.07, 6.45) is 5.47. The lowest BCUT2D eigenvalue weighted by atomic mass is 9.44. The number of aryl methyl sites for hydroxylation is 3. The van der Waals surface area contributed by atoms with Crippen LogP contribution in [-0.4, -0.2) is 81.4 Å². The van der Waals surface area contributed by atoms with Gasteiger partial charge < -0.3 is 19.7 Å². The highest BCUT2D eigenvalue weighted by molar-refractivity contribution is 7.13. The summed E-state index contributed by atoms with van der Waals surface area (Å²) in [6.45, 7) is 23.1. The maximum Gasteiger partial charge on any atom is 0.246 e. The number of rotatable bonds is 21. The van der Waals surface area contributed by atoms with Crippen molar-refractivity contribution in [3.05, 3.63) is 93.9 Å². The summed E-state index contributed by atoms with van der Waals surface area (Å²) in [4.78, 5) is 61.9. The Kier molecular flexibility index (Phi) is 16.8. The van der Waals surface area contributed by atoms with Crippen LogP contribution in [0.1, 0.15) is 152 Å². The molecule has 0 spiro atoms. The first-order chi connectivity index (χ1) is 32.1. The van der Waals surface area contributed by atoms with Gasteiger partial charge in [0, 0.05) is 36.8 Å². The van der Waals surface area contributed by atoms with Crippen LogP contribution in [0.3, 0.4) is 0 Å². The van der Waals surface area contributed by atoms with Crippen LogP contribution in [0.4, 0.5) is 0 Å². The summed E-state index contributed by atoms with van der Waals surface area (Å²) < 4.78 is 12.2. The molecule has 68 heavy (non-hydrogen) atoms. The van der Waals surface area contributed by atoms with Crippen LogP contribution in [0.25, 0.3) is 10.4 Å². The topological polar surface area (TPSA) is 164 Å². The third-order valence-electron chi connectivity index (χ3n) is 14.4. The summed E-state index contributed by atoms with van der Waals surface area (Å²) in [7, 11) is 0. The number of amides is 2. The third kappa shape index (κ3) is 12.3. The Labute approximate surface area is 408 Å². The van der Waals surface area contributed by atoms with Gasteiger partial charge in [-0.25, -0.2) is 4.98 Å². The molecular formula is C55H72N6O6S. The van der Waals surface area contributed by atoms with E-state index in [1.165, 1.54) is 0 Å². The molecule has 2 aliphatic rings. The van der Waals surface area contributed by atoms with Crippen LogP contribution >= 0.6 is 11.3 Å². The molecule has 2 amide bonds. The lowest BCUT2D eigenvalue weighted by molar-refractivity contribution is -0.196. The summed E-state index contributed by atoms with van der Waals surface area (Å²) >= 11 is 1.61. The molecule has 4 atom stereocenters. The SMILES string of the molecule is Cc1cc(OC2C(C)(C)C(CC(=O)c3ccc(CCCCCCOCC(=O)N[C@H](C(=O)N4C[C@H](C)C[C@H]4C(=O)C[C@@H](C)c4ccc(-c5scnc5C)cc4)C(C)(C)C)nn3)C2(C)C)ccc1C#N. The summed E-state index contributed by atoms with van der Waals surface area (Å²) in [5.41, 5.74) is 6.67. The van der Waals surface area contributed by atoms with E-state index in [0.717, 1.165) is 70.8 Å². The minimum Gasteiger partial charge on any atom is -0.489 e. The fourth-order valence-electron chi connectivity index (χ4n) is 10.7. The number of nitrogens with zero attached hydrogens (tertiary/aromatic N) is 5. The fraction of sp³-hybridized carbons (Fsp3) is 0.564. The monoisotopic (exact) mass is 945 g/mol. The highest BCUT2D eigenvalue weighted by Gasteiger charge is 2.63. The second kappa shape index (κ2) is 22.0. The number of ether oxygens (including phenoxy) is 2. The van der Waals surface area contributed by atoms with Crippen molar-refractivity contribution >= 4 is 34.7 Å². The minimum absolute atomic E-state index is 0.0129. The molecule has 0 radical (unpaired) electrons. The van der Waals surface area contributed by atoms with Gasteiger partial charge in [0.15, 0.2) is 11.6 Å². The van der Waals surface area contributed by atoms with Crippen molar-refractivity contribution < 1.29 is 28.7 Å². The van der Waals surface area contributed by atoms with Gasteiger partial charge in [0.05, 0.1) is 39.5 Å². The molecule has 13 heteroatoms. The van der Waals surface area contributed by atoms with Gasteiger partial charge in [-0.05, 0) is 110 Å². The van der Waals surface area contributed by atoms with Crippen molar-refractivity contribution in [1.82, 2.24) is 25.4 Å². The number of carbonyl (C=O) groups is 4.